The van der Waals surface area contributed by atoms with E-state index in [1.54, 1.807) is 18.2 Å². The molecule has 0 bridgehead atoms. The number of halogens is 2. The Labute approximate surface area is 148 Å². The van der Waals surface area contributed by atoms with Crippen molar-refractivity contribution >= 4 is 46.2 Å². The first-order valence-electron chi connectivity index (χ1n) is 6.76. The molecule has 0 unspecified atom stereocenters. The maximum absolute atomic E-state index is 9.45. The highest BCUT2D eigenvalue weighted by molar-refractivity contribution is 7.11. The molecule has 3 rings (SSSR count). The van der Waals surface area contributed by atoms with Gasteiger partial charge in [0.1, 0.15) is 11.1 Å². The lowest BCUT2D eigenvalue weighted by atomic mass is 10.1. The van der Waals surface area contributed by atoms with Crippen molar-refractivity contribution in [1.29, 1.82) is 5.26 Å². The summed E-state index contributed by atoms with van der Waals surface area (Å²) in [6.07, 6.45) is 1.71. The predicted molar refractivity (Wildman–Crippen MR) is 97.5 cm³/mol. The van der Waals surface area contributed by atoms with Crippen molar-refractivity contribution < 1.29 is 0 Å². The topological polar surface area (TPSA) is 36.7 Å². The molecule has 112 valence electrons. The van der Waals surface area contributed by atoms with Gasteiger partial charge in [0.25, 0.3) is 0 Å². The van der Waals surface area contributed by atoms with Gasteiger partial charge in [-0.1, -0.05) is 65.7 Å². The van der Waals surface area contributed by atoms with Gasteiger partial charge in [0.15, 0.2) is 0 Å². The molecular formula is C18H10Cl2N2S. The van der Waals surface area contributed by atoms with E-state index in [1.807, 2.05) is 41.8 Å². The number of hydrogen-bond acceptors (Lipinski definition) is 3. The Morgan fingerprint density at radius 2 is 1.87 bits per heavy atom. The van der Waals surface area contributed by atoms with Crippen LogP contribution in [0.2, 0.25) is 10.0 Å². The molecule has 0 saturated heterocycles. The summed E-state index contributed by atoms with van der Waals surface area (Å²) in [6, 6.07) is 17.4. The second-order valence-corrected chi connectivity index (χ2v) is 6.36. The standard InChI is InChI=1S/C18H10Cl2N2S/c19-15-8-4-7-13(17(15)20)9-14(10-21)18-22-16(11-23-18)12-5-2-1-3-6-12/h1-9,11H/b14-9-. The van der Waals surface area contributed by atoms with E-state index < -0.39 is 0 Å². The smallest absolute Gasteiger partial charge is 0.134 e. The molecular weight excluding hydrogens is 347 g/mol. The third-order valence-electron chi connectivity index (χ3n) is 3.21. The number of benzene rings is 2. The van der Waals surface area contributed by atoms with Crippen LogP contribution in [0.15, 0.2) is 53.9 Å². The van der Waals surface area contributed by atoms with Crippen molar-refractivity contribution in [3.63, 3.8) is 0 Å². The average molecular weight is 357 g/mol. The van der Waals surface area contributed by atoms with Crippen molar-refractivity contribution in [3.05, 3.63) is 74.5 Å². The van der Waals surface area contributed by atoms with Crippen molar-refractivity contribution in [2.45, 2.75) is 0 Å². The van der Waals surface area contributed by atoms with E-state index in [0.29, 0.717) is 26.2 Å². The number of nitriles is 1. The van der Waals surface area contributed by atoms with Crippen molar-refractivity contribution in [2.24, 2.45) is 0 Å². The van der Waals surface area contributed by atoms with Gasteiger partial charge in [-0.15, -0.1) is 11.3 Å². The Bertz CT molecular complexity index is 908. The van der Waals surface area contributed by atoms with E-state index in [0.717, 1.165) is 11.3 Å². The maximum atomic E-state index is 9.45. The fourth-order valence-corrected chi connectivity index (χ4v) is 3.23. The van der Waals surface area contributed by atoms with E-state index in [4.69, 9.17) is 23.2 Å². The van der Waals surface area contributed by atoms with E-state index in [-0.39, 0.29) is 0 Å². The summed E-state index contributed by atoms with van der Waals surface area (Å²) in [5.41, 5.74) is 3.03. The number of rotatable bonds is 3. The lowest BCUT2D eigenvalue weighted by Crippen LogP contribution is -1.84. The lowest BCUT2D eigenvalue weighted by Gasteiger charge is -2.01. The molecule has 3 aromatic rings. The molecule has 0 fully saturated rings. The zero-order chi connectivity index (χ0) is 16.2. The highest BCUT2D eigenvalue weighted by Crippen LogP contribution is 2.31. The van der Waals surface area contributed by atoms with Crippen LogP contribution in [0.25, 0.3) is 22.9 Å². The minimum atomic E-state index is 0.432. The van der Waals surface area contributed by atoms with Crippen LogP contribution in [0.5, 0.6) is 0 Å². The second kappa shape index (κ2) is 6.97. The summed E-state index contributed by atoms with van der Waals surface area (Å²) in [5, 5.41) is 12.9. The summed E-state index contributed by atoms with van der Waals surface area (Å²) in [4.78, 5) is 4.55. The zero-order valence-corrected chi connectivity index (χ0v) is 14.2. The van der Waals surface area contributed by atoms with Gasteiger partial charge < -0.3 is 0 Å². The minimum Gasteiger partial charge on any atom is -0.235 e. The van der Waals surface area contributed by atoms with Crippen molar-refractivity contribution in [1.82, 2.24) is 4.98 Å². The molecule has 2 nitrogen and oxygen atoms in total. The number of nitrogens with zero attached hydrogens (tertiary/aromatic N) is 2. The number of aromatic nitrogens is 1. The molecule has 0 amide bonds. The molecule has 0 saturated carbocycles. The number of allylic oxidation sites excluding steroid dienone is 1. The van der Waals surface area contributed by atoms with Gasteiger partial charge in [-0.05, 0) is 17.7 Å². The van der Waals surface area contributed by atoms with E-state index >= 15 is 0 Å². The first kappa shape index (κ1) is 15.8. The Hall–Kier alpha value is -2.12. The molecule has 0 aliphatic rings. The summed E-state index contributed by atoms with van der Waals surface area (Å²) in [6.45, 7) is 0. The molecule has 1 aromatic heterocycles. The summed E-state index contributed by atoms with van der Waals surface area (Å²) < 4.78 is 0. The summed E-state index contributed by atoms with van der Waals surface area (Å²) in [5.74, 6) is 0. The highest BCUT2D eigenvalue weighted by Gasteiger charge is 2.10. The Morgan fingerprint density at radius 1 is 1.09 bits per heavy atom. The molecule has 5 heteroatoms. The first-order valence-corrected chi connectivity index (χ1v) is 8.39. The zero-order valence-electron chi connectivity index (χ0n) is 11.8. The van der Waals surface area contributed by atoms with Gasteiger partial charge in [-0.3, -0.25) is 0 Å². The van der Waals surface area contributed by atoms with Crippen LogP contribution in [0.3, 0.4) is 0 Å². The first-order chi connectivity index (χ1) is 11.2. The maximum Gasteiger partial charge on any atom is 0.134 e. The normalized spacial score (nSPS) is 11.3. The molecule has 0 atom stereocenters. The second-order valence-electron chi connectivity index (χ2n) is 4.72. The van der Waals surface area contributed by atoms with Crippen LogP contribution in [-0.2, 0) is 0 Å². The molecule has 0 radical (unpaired) electrons. The Balaban J connectivity index is 1.99. The van der Waals surface area contributed by atoms with Gasteiger partial charge in [-0.25, -0.2) is 4.98 Å². The van der Waals surface area contributed by atoms with E-state index in [9.17, 15) is 5.26 Å². The predicted octanol–water partition coefficient (Wildman–Crippen LogP) is 6.18. The van der Waals surface area contributed by atoms with Gasteiger partial charge in [0.2, 0.25) is 0 Å². The molecule has 2 aromatic carbocycles. The largest absolute Gasteiger partial charge is 0.235 e. The third-order valence-corrected chi connectivity index (χ3v) is 4.91. The molecule has 23 heavy (non-hydrogen) atoms. The molecule has 0 aliphatic carbocycles. The van der Waals surface area contributed by atoms with E-state index in [2.05, 4.69) is 11.1 Å². The van der Waals surface area contributed by atoms with Crippen molar-refractivity contribution in [3.8, 4) is 17.3 Å². The summed E-state index contributed by atoms with van der Waals surface area (Å²) >= 11 is 13.6. The van der Waals surface area contributed by atoms with Crippen LogP contribution in [0.4, 0.5) is 0 Å². The third kappa shape index (κ3) is 3.46. The molecule has 1 heterocycles. The quantitative estimate of drug-likeness (QED) is 0.525. The monoisotopic (exact) mass is 356 g/mol. The van der Waals surface area contributed by atoms with E-state index in [1.165, 1.54) is 11.3 Å². The average Bonchev–Trinajstić information content (AvgIpc) is 3.07. The van der Waals surface area contributed by atoms with Gasteiger partial charge in [-0.2, -0.15) is 5.26 Å². The van der Waals surface area contributed by atoms with Crippen LogP contribution in [-0.4, -0.2) is 4.98 Å². The molecule has 0 N–H and O–H groups in total. The van der Waals surface area contributed by atoms with Crippen LogP contribution in [0, 0.1) is 11.3 Å². The fraction of sp³-hybridized carbons (Fsp3) is 0. The highest BCUT2D eigenvalue weighted by atomic mass is 35.5. The molecule has 0 spiro atoms. The van der Waals surface area contributed by atoms with Crippen molar-refractivity contribution in [2.75, 3.05) is 0 Å². The SMILES string of the molecule is N#C/C(=C/c1cccc(Cl)c1Cl)c1nc(-c2ccccc2)cs1. The summed E-state index contributed by atoms with van der Waals surface area (Å²) in [7, 11) is 0. The van der Waals surface area contributed by atoms with Crippen LogP contribution >= 0.6 is 34.5 Å². The number of hydrogen-bond donors (Lipinski definition) is 0. The Morgan fingerprint density at radius 3 is 2.61 bits per heavy atom. The van der Waals surface area contributed by atoms with Gasteiger partial charge in [0, 0.05) is 10.9 Å². The van der Waals surface area contributed by atoms with Gasteiger partial charge in [0.05, 0.1) is 21.3 Å². The number of thiazole rings is 1. The van der Waals surface area contributed by atoms with Crippen LogP contribution in [0.1, 0.15) is 10.6 Å². The Kier molecular flexibility index (Phi) is 4.78. The van der Waals surface area contributed by atoms with Gasteiger partial charge >= 0.3 is 0 Å². The fourth-order valence-electron chi connectivity index (χ4n) is 2.07. The minimum absolute atomic E-state index is 0.432. The molecule has 0 aliphatic heterocycles. The lowest BCUT2D eigenvalue weighted by molar-refractivity contribution is 1.37. The van der Waals surface area contributed by atoms with Crippen LogP contribution < -0.4 is 0 Å².